The van der Waals surface area contributed by atoms with Gasteiger partial charge in [-0.15, -0.1) is 11.3 Å². The van der Waals surface area contributed by atoms with Crippen LogP contribution in [-0.2, 0) is 6.42 Å². The molecule has 0 bridgehead atoms. The van der Waals surface area contributed by atoms with E-state index < -0.39 is 0 Å². The maximum absolute atomic E-state index is 6.09. The van der Waals surface area contributed by atoms with Crippen molar-refractivity contribution < 1.29 is 0 Å². The van der Waals surface area contributed by atoms with Crippen LogP contribution in [0, 0.1) is 13.8 Å². The van der Waals surface area contributed by atoms with E-state index in [1.807, 2.05) is 25.1 Å². The van der Waals surface area contributed by atoms with Crippen molar-refractivity contribution in [2.45, 2.75) is 33.2 Å². The normalized spacial score (nSPS) is 12.7. The van der Waals surface area contributed by atoms with Gasteiger partial charge in [0.2, 0.25) is 0 Å². The van der Waals surface area contributed by atoms with Gasteiger partial charge in [-0.05, 0) is 44.5 Å². The van der Waals surface area contributed by atoms with Crippen molar-refractivity contribution in [1.82, 2.24) is 10.3 Å². The molecule has 108 valence electrons. The molecule has 0 saturated carbocycles. The Morgan fingerprint density at radius 3 is 2.55 bits per heavy atom. The van der Waals surface area contributed by atoms with E-state index in [0.717, 1.165) is 23.7 Å². The van der Waals surface area contributed by atoms with Gasteiger partial charge >= 0.3 is 0 Å². The first kappa shape index (κ1) is 15.8. The predicted molar refractivity (Wildman–Crippen MR) is 88.2 cm³/mol. The zero-order valence-corrected chi connectivity index (χ0v) is 14.2. The van der Waals surface area contributed by atoms with Gasteiger partial charge in [-0.1, -0.05) is 36.2 Å². The fourth-order valence-corrected chi connectivity index (χ4v) is 3.60. The number of hydrogen-bond donors (Lipinski definition) is 1. The maximum atomic E-state index is 6.09. The Morgan fingerprint density at radius 1 is 1.25 bits per heavy atom. The monoisotopic (exact) mass is 328 g/mol. The summed E-state index contributed by atoms with van der Waals surface area (Å²) in [6.45, 7) is 7.15. The summed E-state index contributed by atoms with van der Waals surface area (Å²) >= 11 is 13.8. The Morgan fingerprint density at radius 2 is 2.00 bits per heavy atom. The van der Waals surface area contributed by atoms with Gasteiger partial charge in [0.25, 0.3) is 0 Å². The molecule has 0 aliphatic rings. The number of halogens is 2. The third-order valence-corrected chi connectivity index (χ3v) is 5.06. The Hall–Kier alpha value is -0.610. The van der Waals surface area contributed by atoms with Gasteiger partial charge in [-0.25, -0.2) is 4.98 Å². The molecule has 5 heteroatoms. The summed E-state index contributed by atoms with van der Waals surface area (Å²) in [5, 5.41) is 5.84. The number of hydrogen-bond acceptors (Lipinski definition) is 3. The van der Waals surface area contributed by atoms with E-state index in [1.54, 1.807) is 11.3 Å². The molecule has 1 heterocycles. The lowest BCUT2D eigenvalue weighted by Gasteiger charge is -2.17. The maximum Gasteiger partial charge on any atom is 0.0900 e. The second kappa shape index (κ2) is 6.90. The summed E-state index contributed by atoms with van der Waals surface area (Å²) in [5.41, 5.74) is 2.29. The second-order valence-electron chi connectivity index (χ2n) is 4.75. The molecule has 2 aromatic rings. The molecule has 20 heavy (non-hydrogen) atoms. The van der Waals surface area contributed by atoms with Crippen molar-refractivity contribution in [3.8, 4) is 0 Å². The predicted octanol–water partition coefficient (Wildman–Crippen LogP) is 4.96. The molecule has 0 aliphatic carbocycles. The van der Waals surface area contributed by atoms with Crippen molar-refractivity contribution in [1.29, 1.82) is 0 Å². The highest BCUT2D eigenvalue weighted by molar-refractivity contribution is 7.11. The van der Waals surface area contributed by atoms with Crippen molar-refractivity contribution in [3.63, 3.8) is 0 Å². The molecule has 2 rings (SSSR count). The topological polar surface area (TPSA) is 24.9 Å². The minimum atomic E-state index is 0.267. The van der Waals surface area contributed by atoms with Crippen molar-refractivity contribution >= 4 is 34.5 Å². The number of likely N-dealkylation sites (N-methyl/N-ethyl adjacent to an activating group) is 1. The van der Waals surface area contributed by atoms with E-state index in [4.69, 9.17) is 23.2 Å². The molecular formula is C15H18Cl2N2S. The van der Waals surface area contributed by atoms with Crippen molar-refractivity contribution in [2.75, 3.05) is 6.54 Å². The highest BCUT2D eigenvalue weighted by atomic mass is 35.5. The summed E-state index contributed by atoms with van der Waals surface area (Å²) in [6.07, 6.45) is 0.882. The van der Waals surface area contributed by atoms with E-state index in [9.17, 15) is 0 Å². The fourth-order valence-electron chi connectivity index (χ4n) is 2.28. The first-order valence-corrected chi connectivity index (χ1v) is 8.19. The first-order valence-electron chi connectivity index (χ1n) is 6.62. The number of benzene rings is 1. The van der Waals surface area contributed by atoms with Gasteiger partial charge in [0.15, 0.2) is 0 Å². The molecule has 1 atom stereocenters. The van der Waals surface area contributed by atoms with E-state index in [-0.39, 0.29) is 6.04 Å². The molecule has 0 radical (unpaired) electrons. The smallest absolute Gasteiger partial charge is 0.0900 e. The van der Waals surface area contributed by atoms with E-state index in [2.05, 4.69) is 24.1 Å². The molecule has 0 aliphatic heterocycles. The minimum Gasteiger partial charge on any atom is -0.309 e. The summed E-state index contributed by atoms with van der Waals surface area (Å²) in [5.74, 6) is 0. The molecule has 1 aromatic carbocycles. The molecule has 2 nitrogen and oxygen atoms in total. The van der Waals surface area contributed by atoms with E-state index in [0.29, 0.717) is 10.0 Å². The van der Waals surface area contributed by atoms with Crippen LogP contribution in [0.4, 0.5) is 0 Å². The molecule has 1 N–H and O–H groups in total. The number of aryl methyl sites for hydroxylation is 2. The van der Waals surface area contributed by atoms with Crippen LogP contribution in [0.3, 0.4) is 0 Å². The van der Waals surface area contributed by atoms with Crippen LogP contribution in [0.1, 0.15) is 34.1 Å². The zero-order valence-electron chi connectivity index (χ0n) is 11.8. The third kappa shape index (κ3) is 3.73. The highest BCUT2D eigenvalue weighted by Gasteiger charge is 2.17. The Kier molecular flexibility index (Phi) is 5.44. The third-order valence-electron chi connectivity index (χ3n) is 3.13. The second-order valence-corrected chi connectivity index (χ2v) is 6.79. The van der Waals surface area contributed by atoms with Gasteiger partial charge in [-0.3, -0.25) is 0 Å². The van der Waals surface area contributed by atoms with E-state index in [1.165, 1.54) is 10.4 Å². The quantitative estimate of drug-likeness (QED) is 0.838. The Balaban J connectivity index is 2.25. The molecule has 1 aromatic heterocycles. The average Bonchev–Trinajstić information content (AvgIpc) is 2.72. The standard InChI is InChI=1S/C15H18Cl2N2S/c1-4-18-14(15-9(2)19-10(3)20-15)8-11-5-6-12(16)13(17)7-11/h5-7,14,18H,4,8H2,1-3H3. The van der Waals surface area contributed by atoms with Crippen LogP contribution in [-0.4, -0.2) is 11.5 Å². The van der Waals surface area contributed by atoms with Crippen LogP contribution in [0.15, 0.2) is 18.2 Å². The van der Waals surface area contributed by atoms with Gasteiger partial charge < -0.3 is 5.32 Å². The van der Waals surface area contributed by atoms with Crippen molar-refractivity contribution in [3.05, 3.63) is 49.4 Å². The molecular weight excluding hydrogens is 311 g/mol. The van der Waals surface area contributed by atoms with Gasteiger partial charge in [0.05, 0.1) is 20.7 Å². The van der Waals surface area contributed by atoms with Gasteiger partial charge in [-0.2, -0.15) is 0 Å². The molecule has 0 fully saturated rings. The SMILES string of the molecule is CCNC(Cc1ccc(Cl)c(Cl)c1)c1sc(C)nc1C. The highest BCUT2D eigenvalue weighted by Crippen LogP contribution is 2.29. The van der Waals surface area contributed by atoms with Gasteiger partial charge in [0.1, 0.15) is 0 Å². The lowest BCUT2D eigenvalue weighted by molar-refractivity contribution is 0.555. The van der Waals surface area contributed by atoms with Crippen molar-refractivity contribution in [2.24, 2.45) is 0 Å². The largest absolute Gasteiger partial charge is 0.309 e. The van der Waals surface area contributed by atoms with E-state index >= 15 is 0 Å². The van der Waals surface area contributed by atoms with Crippen LogP contribution in [0.2, 0.25) is 10.0 Å². The summed E-state index contributed by atoms with van der Waals surface area (Å²) < 4.78 is 0. The fraction of sp³-hybridized carbons (Fsp3) is 0.400. The van der Waals surface area contributed by atoms with Crippen LogP contribution < -0.4 is 5.32 Å². The minimum absolute atomic E-state index is 0.267. The summed E-state index contributed by atoms with van der Waals surface area (Å²) in [4.78, 5) is 5.82. The molecule has 0 saturated heterocycles. The molecule has 1 unspecified atom stereocenters. The van der Waals surface area contributed by atoms with Gasteiger partial charge in [0, 0.05) is 10.9 Å². The summed E-state index contributed by atoms with van der Waals surface area (Å²) in [7, 11) is 0. The number of nitrogens with zero attached hydrogens (tertiary/aromatic N) is 1. The molecule has 0 spiro atoms. The van der Waals surface area contributed by atoms with Crippen LogP contribution >= 0.6 is 34.5 Å². The number of thiazole rings is 1. The zero-order chi connectivity index (χ0) is 14.7. The van der Waals surface area contributed by atoms with Crippen LogP contribution in [0.25, 0.3) is 0 Å². The summed E-state index contributed by atoms with van der Waals surface area (Å²) in [6, 6.07) is 6.09. The Bertz CT molecular complexity index is 596. The molecule has 0 amide bonds. The average molecular weight is 329 g/mol. The number of nitrogens with one attached hydrogen (secondary N) is 1. The first-order chi connectivity index (χ1) is 9.51. The number of rotatable bonds is 5. The lowest BCUT2D eigenvalue weighted by atomic mass is 10.0. The number of aromatic nitrogens is 1. The lowest BCUT2D eigenvalue weighted by Crippen LogP contribution is -2.22. The van der Waals surface area contributed by atoms with Crippen LogP contribution in [0.5, 0.6) is 0 Å². The Labute approximate surface area is 134 Å².